The molecule has 6 bridgehead atoms. The number of imidazole rings is 2. The van der Waals surface area contributed by atoms with E-state index < -0.39 is 0 Å². The van der Waals surface area contributed by atoms with Crippen molar-refractivity contribution in [2.24, 2.45) is 0 Å². The zero-order chi connectivity index (χ0) is 27.4. The molecule has 4 aliphatic rings. The van der Waals surface area contributed by atoms with Gasteiger partial charge >= 0.3 is 0 Å². The number of aromatic nitrogens is 4. The van der Waals surface area contributed by atoms with Crippen molar-refractivity contribution in [2.45, 2.75) is 37.0 Å². The first-order valence-electron chi connectivity index (χ1n) is 15.1. The minimum Gasteiger partial charge on any atom is -0.226 e. The molecule has 0 radical (unpaired) electrons. The summed E-state index contributed by atoms with van der Waals surface area (Å²) in [7, 11) is 0. The molecule has 3 aliphatic carbocycles. The normalized spacial score (nSPS) is 21.6. The highest BCUT2D eigenvalue weighted by Crippen LogP contribution is 2.62. The van der Waals surface area contributed by atoms with Crippen LogP contribution in [0, 0.1) is 0 Å². The van der Waals surface area contributed by atoms with Gasteiger partial charge in [0.25, 0.3) is 0 Å². The quantitative estimate of drug-likeness (QED) is 0.191. The number of hydrogen-bond donors (Lipinski definition) is 0. The number of benzene rings is 5. The molecule has 5 aromatic carbocycles. The highest BCUT2D eigenvalue weighted by molar-refractivity contribution is 5.74. The standard InChI is InChI=1S/C38H30N4/c1-2-12-26-22-40-24-42(34-20-10-8-18-32(34)40)38-36-29-15-5-3-13-27(29)35(28-14-4-6-16-30(28)36)37(38)41-23-39(21-25(26)11-1)31-17-7-9-19-33(31)41/h1-20,23-24,35-38H,21-22H2/q+2. The monoisotopic (exact) mass is 542 g/mol. The molecule has 3 heterocycles. The van der Waals surface area contributed by atoms with Crippen molar-refractivity contribution in [3.05, 3.63) is 167 Å². The summed E-state index contributed by atoms with van der Waals surface area (Å²) in [5.74, 6) is 0.503. The van der Waals surface area contributed by atoms with E-state index in [0.29, 0.717) is 0 Å². The van der Waals surface area contributed by atoms with Gasteiger partial charge in [-0.2, -0.15) is 0 Å². The van der Waals surface area contributed by atoms with E-state index in [0.717, 1.165) is 13.1 Å². The predicted molar refractivity (Wildman–Crippen MR) is 164 cm³/mol. The summed E-state index contributed by atoms with van der Waals surface area (Å²) in [5.41, 5.74) is 13.8. The van der Waals surface area contributed by atoms with Crippen molar-refractivity contribution >= 4 is 22.1 Å². The average Bonchev–Trinajstić information content (AvgIpc) is 3.59. The van der Waals surface area contributed by atoms with Gasteiger partial charge in [-0.25, -0.2) is 18.3 Å². The second kappa shape index (κ2) is 8.29. The first-order valence-corrected chi connectivity index (χ1v) is 15.1. The molecule has 0 amide bonds. The number of fused-ring (bicyclic) bond motifs is 11. The molecular weight excluding hydrogens is 512 g/mol. The summed E-state index contributed by atoms with van der Waals surface area (Å²) in [6.07, 6.45) is 4.85. The van der Waals surface area contributed by atoms with Crippen LogP contribution < -0.4 is 9.13 Å². The van der Waals surface area contributed by atoms with Crippen molar-refractivity contribution in [2.75, 3.05) is 0 Å². The predicted octanol–water partition coefficient (Wildman–Crippen LogP) is 6.65. The minimum absolute atomic E-state index is 0.213. The Hall–Kier alpha value is -4.96. The molecule has 4 heteroatoms. The van der Waals surface area contributed by atoms with Gasteiger partial charge in [0.15, 0.2) is 34.2 Å². The lowest BCUT2D eigenvalue weighted by molar-refractivity contribution is -0.669. The summed E-state index contributed by atoms with van der Waals surface area (Å²) in [6.45, 7) is 1.70. The van der Waals surface area contributed by atoms with Crippen molar-refractivity contribution in [1.29, 1.82) is 0 Å². The molecular formula is C38H30N4+2. The van der Waals surface area contributed by atoms with E-state index in [1.165, 1.54) is 55.4 Å². The first kappa shape index (κ1) is 22.7. The second-order valence-electron chi connectivity index (χ2n) is 12.2. The lowest BCUT2D eigenvalue weighted by Gasteiger charge is -2.47. The Morgan fingerprint density at radius 2 is 0.786 bits per heavy atom. The zero-order valence-corrected chi connectivity index (χ0v) is 23.2. The Kier molecular flexibility index (Phi) is 4.48. The largest absolute Gasteiger partial charge is 0.245 e. The van der Waals surface area contributed by atoms with Crippen LogP contribution in [0.2, 0.25) is 0 Å². The van der Waals surface area contributed by atoms with Crippen LogP contribution in [0.4, 0.5) is 0 Å². The highest BCUT2D eigenvalue weighted by atomic mass is 15.2. The van der Waals surface area contributed by atoms with Gasteiger partial charge in [-0.1, -0.05) is 97.1 Å². The molecule has 0 N–H and O–H groups in total. The number of rotatable bonds is 0. The molecule has 4 nitrogen and oxygen atoms in total. The summed E-state index contributed by atoms with van der Waals surface area (Å²) < 4.78 is 10.2. The van der Waals surface area contributed by atoms with Gasteiger partial charge in [0, 0.05) is 11.1 Å². The summed E-state index contributed by atoms with van der Waals surface area (Å²) in [4.78, 5) is 0. The van der Waals surface area contributed by atoms with Crippen LogP contribution in [0.15, 0.2) is 134 Å². The van der Waals surface area contributed by atoms with E-state index >= 15 is 0 Å². The van der Waals surface area contributed by atoms with Crippen LogP contribution in [-0.2, 0) is 13.1 Å². The molecule has 2 atom stereocenters. The van der Waals surface area contributed by atoms with E-state index in [4.69, 9.17) is 0 Å². The first-order chi connectivity index (χ1) is 20.8. The van der Waals surface area contributed by atoms with Gasteiger partial charge < -0.3 is 0 Å². The third-order valence-corrected chi connectivity index (χ3v) is 10.3. The van der Waals surface area contributed by atoms with Crippen LogP contribution in [0.3, 0.4) is 0 Å². The van der Waals surface area contributed by atoms with Crippen LogP contribution >= 0.6 is 0 Å². The third-order valence-electron chi connectivity index (χ3n) is 10.3. The van der Waals surface area contributed by atoms with Crippen LogP contribution in [-0.4, -0.2) is 9.13 Å². The second-order valence-corrected chi connectivity index (χ2v) is 12.2. The molecule has 11 rings (SSSR count). The molecule has 42 heavy (non-hydrogen) atoms. The SMILES string of the molecule is c1ccc2c(c1)C[n+]1cn(c3ccccc31)C1C3c4ccccc4C(c4ccccc43)C1n1c[n+](c3ccccc31)C2. The fourth-order valence-electron chi connectivity index (χ4n) is 8.63. The van der Waals surface area contributed by atoms with Crippen molar-refractivity contribution in [3.8, 4) is 0 Å². The van der Waals surface area contributed by atoms with E-state index in [2.05, 4.69) is 152 Å². The van der Waals surface area contributed by atoms with E-state index in [1.807, 2.05) is 0 Å². The number of nitrogens with zero attached hydrogens (tertiary/aromatic N) is 4. The van der Waals surface area contributed by atoms with Crippen LogP contribution in [0.1, 0.15) is 57.3 Å². The fourth-order valence-corrected chi connectivity index (χ4v) is 8.63. The van der Waals surface area contributed by atoms with Gasteiger partial charge in [0.2, 0.25) is 12.7 Å². The molecule has 0 saturated heterocycles. The van der Waals surface area contributed by atoms with Gasteiger partial charge in [-0.05, 0) is 46.5 Å². The van der Waals surface area contributed by atoms with E-state index in [-0.39, 0.29) is 23.9 Å². The van der Waals surface area contributed by atoms with E-state index in [9.17, 15) is 0 Å². The maximum atomic E-state index is 2.63. The minimum atomic E-state index is 0.213. The van der Waals surface area contributed by atoms with Crippen molar-refractivity contribution in [3.63, 3.8) is 0 Å². The summed E-state index contributed by atoms with van der Waals surface area (Å²) >= 11 is 0. The van der Waals surface area contributed by atoms with Gasteiger partial charge in [0.05, 0.1) is 11.8 Å². The Balaban J connectivity index is 1.37. The van der Waals surface area contributed by atoms with Gasteiger partial charge in [0.1, 0.15) is 13.1 Å². The molecule has 200 valence electrons. The zero-order valence-electron chi connectivity index (χ0n) is 23.2. The summed E-state index contributed by atoms with van der Waals surface area (Å²) in [5, 5.41) is 0. The Morgan fingerprint density at radius 1 is 0.429 bits per heavy atom. The molecule has 2 unspecified atom stereocenters. The average molecular weight is 543 g/mol. The smallest absolute Gasteiger partial charge is 0.226 e. The number of para-hydroxylation sites is 4. The third kappa shape index (κ3) is 2.91. The van der Waals surface area contributed by atoms with Crippen molar-refractivity contribution < 1.29 is 9.13 Å². The number of hydrogen-bond acceptors (Lipinski definition) is 0. The maximum Gasteiger partial charge on any atom is 0.245 e. The fraction of sp³-hybridized carbons (Fsp3) is 0.158. The topological polar surface area (TPSA) is 17.6 Å². The van der Waals surface area contributed by atoms with E-state index in [1.54, 1.807) is 0 Å². The molecule has 1 aliphatic heterocycles. The molecule has 0 fully saturated rings. The van der Waals surface area contributed by atoms with Crippen LogP contribution in [0.25, 0.3) is 22.1 Å². The van der Waals surface area contributed by atoms with Crippen LogP contribution in [0.5, 0.6) is 0 Å². The molecule has 0 spiro atoms. The molecule has 7 aromatic rings. The molecule has 0 saturated carbocycles. The lowest BCUT2D eigenvalue weighted by atomic mass is 9.59. The Bertz CT molecular complexity index is 2000. The van der Waals surface area contributed by atoms with Crippen molar-refractivity contribution in [1.82, 2.24) is 9.13 Å². The van der Waals surface area contributed by atoms with Gasteiger partial charge in [-0.15, -0.1) is 0 Å². The summed E-state index contributed by atoms with van der Waals surface area (Å²) in [6, 6.07) is 45.9. The highest BCUT2D eigenvalue weighted by Gasteiger charge is 2.56. The molecule has 2 aromatic heterocycles. The lowest BCUT2D eigenvalue weighted by Crippen LogP contribution is -2.44. The maximum absolute atomic E-state index is 2.63. The van der Waals surface area contributed by atoms with Gasteiger partial charge in [-0.3, -0.25) is 0 Å². The Morgan fingerprint density at radius 3 is 1.21 bits per heavy atom. The Labute approximate surface area is 244 Å².